The third-order valence-electron chi connectivity index (χ3n) is 2.67. The molecule has 0 saturated carbocycles. The monoisotopic (exact) mass is 263 g/mol. The maximum Gasteiger partial charge on any atom is 0.241 e. The van der Waals surface area contributed by atoms with Gasteiger partial charge in [-0.05, 0) is 24.6 Å². The van der Waals surface area contributed by atoms with Crippen molar-refractivity contribution in [3.8, 4) is 0 Å². The van der Waals surface area contributed by atoms with Crippen LogP contribution in [0.1, 0.15) is 33.1 Å². The highest BCUT2D eigenvalue weighted by atomic mass is 16.2. The van der Waals surface area contributed by atoms with Gasteiger partial charge < -0.3 is 16.4 Å². The summed E-state index contributed by atoms with van der Waals surface area (Å²) in [5.74, 6) is -0.271. The number of nitrogens with one attached hydrogen (secondary N) is 2. The van der Waals surface area contributed by atoms with Crippen LogP contribution in [0, 0.1) is 0 Å². The summed E-state index contributed by atoms with van der Waals surface area (Å²) in [6.45, 7) is 3.76. The molecule has 1 aromatic rings. The number of rotatable bonds is 6. The van der Waals surface area contributed by atoms with Gasteiger partial charge in [0.25, 0.3) is 0 Å². The van der Waals surface area contributed by atoms with Gasteiger partial charge in [0.1, 0.15) is 0 Å². The number of nitrogens with two attached hydrogens (primary N) is 1. The average Bonchev–Trinajstić information content (AvgIpc) is 2.39. The third kappa shape index (κ3) is 5.09. The van der Waals surface area contributed by atoms with Gasteiger partial charge in [0.15, 0.2) is 0 Å². The van der Waals surface area contributed by atoms with E-state index in [-0.39, 0.29) is 11.8 Å². The maximum absolute atomic E-state index is 11.8. The molecule has 4 N–H and O–H groups in total. The van der Waals surface area contributed by atoms with Crippen LogP contribution in [0.3, 0.4) is 0 Å². The van der Waals surface area contributed by atoms with Crippen molar-refractivity contribution in [2.24, 2.45) is 5.73 Å². The molecule has 5 nitrogen and oxygen atoms in total. The van der Waals surface area contributed by atoms with Crippen LogP contribution >= 0.6 is 0 Å². The molecule has 2 amide bonds. The van der Waals surface area contributed by atoms with E-state index in [0.29, 0.717) is 24.2 Å². The second kappa shape index (κ2) is 7.53. The Balaban J connectivity index is 2.66. The Morgan fingerprint density at radius 3 is 2.42 bits per heavy atom. The minimum atomic E-state index is -0.501. The molecule has 0 fully saturated rings. The first-order chi connectivity index (χ1) is 9.06. The van der Waals surface area contributed by atoms with Crippen LogP contribution in [-0.2, 0) is 9.59 Å². The largest absolute Gasteiger partial charge is 0.326 e. The zero-order valence-electron chi connectivity index (χ0n) is 11.4. The smallest absolute Gasteiger partial charge is 0.241 e. The molecule has 1 atom stereocenters. The highest BCUT2D eigenvalue weighted by Gasteiger charge is 2.12. The quantitative estimate of drug-likeness (QED) is 0.734. The molecule has 0 saturated heterocycles. The lowest BCUT2D eigenvalue weighted by molar-refractivity contribution is -0.117. The number of hydrogen-bond acceptors (Lipinski definition) is 3. The molecular formula is C14H21N3O2. The van der Waals surface area contributed by atoms with E-state index in [0.717, 1.165) is 6.42 Å². The van der Waals surface area contributed by atoms with Gasteiger partial charge in [0.2, 0.25) is 11.8 Å². The first-order valence-electron chi connectivity index (χ1n) is 6.53. The molecule has 1 rings (SSSR count). The Bertz CT molecular complexity index is 446. The van der Waals surface area contributed by atoms with Gasteiger partial charge in [-0.3, -0.25) is 9.59 Å². The molecule has 1 aromatic carbocycles. The number of benzene rings is 1. The summed E-state index contributed by atoms with van der Waals surface area (Å²) >= 11 is 0. The molecule has 5 heteroatoms. The Morgan fingerprint density at radius 1 is 1.21 bits per heavy atom. The van der Waals surface area contributed by atoms with Gasteiger partial charge in [0.05, 0.1) is 6.04 Å². The lowest BCUT2D eigenvalue weighted by Gasteiger charge is -2.12. The summed E-state index contributed by atoms with van der Waals surface area (Å²) in [7, 11) is 0. The minimum absolute atomic E-state index is 0.0637. The van der Waals surface area contributed by atoms with Gasteiger partial charge in [-0.2, -0.15) is 0 Å². The van der Waals surface area contributed by atoms with Crippen molar-refractivity contribution in [3.63, 3.8) is 0 Å². The van der Waals surface area contributed by atoms with Gasteiger partial charge >= 0.3 is 0 Å². The Labute approximate surface area is 113 Å². The SMILES string of the molecule is CCC[C@H](N)C(=O)Nc1cccc(NC(=O)CC)c1. The van der Waals surface area contributed by atoms with Crippen LogP contribution in [0.2, 0.25) is 0 Å². The zero-order valence-corrected chi connectivity index (χ0v) is 11.4. The van der Waals surface area contributed by atoms with Crippen molar-refractivity contribution in [1.82, 2.24) is 0 Å². The van der Waals surface area contributed by atoms with Gasteiger partial charge in [-0.25, -0.2) is 0 Å². The third-order valence-corrected chi connectivity index (χ3v) is 2.67. The van der Waals surface area contributed by atoms with Crippen LogP contribution in [-0.4, -0.2) is 17.9 Å². The van der Waals surface area contributed by atoms with E-state index >= 15 is 0 Å². The number of hydrogen-bond donors (Lipinski definition) is 3. The highest BCUT2D eigenvalue weighted by Crippen LogP contribution is 2.15. The topological polar surface area (TPSA) is 84.2 Å². The molecule has 0 aliphatic heterocycles. The molecule has 0 aliphatic carbocycles. The normalized spacial score (nSPS) is 11.7. The second-order valence-corrected chi connectivity index (χ2v) is 4.37. The van der Waals surface area contributed by atoms with Crippen LogP contribution in [0.5, 0.6) is 0 Å². The molecule has 19 heavy (non-hydrogen) atoms. The molecule has 0 aromatic heterocycles. The maximum atomic E-state index is 11.8. The first kappa shape index (κ1) is 15.2. The van der Waals surface area contributed by atoms with E-state index in [1.165, 1.54) is 0 Å². The molecule has 0 bridgehead atoms. The summed E-state index contributed by atoms with van der Waals surface area (Å²) in [5.41, 5.74) is 7.03. The van der Waals surface area contributed by atoms with Crippen LogP contribution < -0.4 is 16.4 Å². The molecule has 0 unspecified atom stereocenters. The lowest BCUT2D eigenvalue weighted by Crippen LogP contribution is -2.35. The van der Waals surface area contributed by atoms with Crippen molar-refractivity contribution in [2.75, 3.05) is 10.6 Å². The summed E-state index contributed by atoms with van der Waals surface area (Å²) < 4.78 is 0. The molecule has 0 radical (unpaired) electrons. The standard InChI is InChI=1S/C14H21N3O2/c1-3-6-12(15)14(19)17-11-8-5-7-10(9-11)16-13(18)4-2/h5,7-9,12H,3-4,6,15H2,1-2H3,(H,16,18)(H,17,19)/t12-/m0/s1. The van der Waals surface area contributed by atoms with Gasteiger partial charge in [-0.1, -0.05) is 26.3 Å². The number of anilines is 2. The summed E-state index contributed by atoms with van der Waals surface area (Å²) in [5, 5.41) is 5.48. The fourth-order valence-corrected chi connectivity index (χ4v) is 1.60. The molecular weight excluding hydrogens is 242 g/mol. The Hall–Kier alpha value is -1.88. The van der Waals surface area contributed by atoms with E-state index in [1.807, 2.05) is 6.92 Å². The van der Waals surface area contributed by atoms with Crippen LogP contribution in [0.4, 0.5) is 11.4 Å². The Kier molecular flexibility index (Phi) is 6.02. The number of amides is 2. The zero-order chi connectivity index (χ0) is 14.3. The fraction of sp³-hybridized carbons (Fsp3) is 0.429. The van der Waals surface area contributed by atoms with Crippen molar-refractivity contribution >= 4 is 23.2 Å². The predicted molar refractivity (Wildman–Crippen MR) is 76.9 cm³/mol. The summed E-state index contributed by atoms with van der Waals surface area (Å²) in [6.07, 6.45) is 1.93. The van der Waals surface area contributed by atoms with E-state index < -0.39 is 6.04 Å². The molecule has 0 heterocycles. The van der Waals surface area contributed by atoms with E-state index in [9.17, 15) is 9.59 Å². The van der Waals surface area contributed by atoms with Crippen molar-refractivity contribution < 1.29 is 9.59 Å². The summed E-state index contributed by atoms with van der Waals surface area (Å²) in [6, 6.07) is 6.52. The lowest BCUT2D eigenvalue weighted by atomic mass is 10.1. The van der Waals surface area contributed by atoms with Gasteiger partial charge in [0, 0.05) is 17.8 Å². The highest BCUT2D eigenvalue weighted by molar-refractivity contribution is 5.96. The molecule has 0 spiro atoms. The van der Waals surface area contributed by atoms with Crippen molar-refractivity contribution in [3.05, 3.63) is 24.3 Å². The van der Waals surface area contributed by atoms with Crippen molar-refractivity contribution in [2.45, 2.75) is 39.2 Å². The van der Waals surface area contributed by atoms with E-state index in [2.05, 4.69) is 10.6 Å². The first-order valence-corrected chi connectivity index (χ1v) is 6.53. The fourth-order valence-electron chi connectivity index (χ4n) is 1.60. The van der Waals surface area contributed by atoms with Gasteiger partial charge in [-0.15, -0.1) is 0 Å². The molecule has 0 aliphatic rings. The average molecular weight is 263 g/mol. The number of carbonyl (C=O) groups excluding carboxylic acids is 2. The predicted octanol–water partition coefficient (Wildman–Crippen LogP) is 2.10. The Morgan fingerprint density at radius 2 is 1.84 bits per heavy atom. The molecule has 104 valence electrons. The van der Waals surface area contributed by atoms with E-state index in [4.69, 9.17) is 5.73 Å². The van der Waals surface area contributed by atoms with Crippen LogP contribution in [0.15, 0.2) is 24.3 Å². The number of carbonyl (C=O) groups is 2. The minimum Gasteiger partial charge on any atom is -0.326 e. The van der Waals surface area contributed by atoms with E-state index in [1.54, 1.807) is 31.2 Å². The summed E-state index contributed by atoms with van der Waals surface area (Å²) in [4.78, 5) is 23.1. The van der Waals surface area contributed by atoms with Crippen LogP contribution in [0.25, 0.3) is 0 Å². The van der Waals surface area contributed by atoms with Crippen molar-refractivity contribution in [1.29, 1.82) is 0 Å². The second-order valence-electron chi connectivity index (χ2n) is 4.37.